The molecule has 28 heavy (non-hydrogen) atoms. The minimum atomic E-state index is -0.643. The maximum absolute atomic E-state index is 12.2. The van der Waals surface area contributed by atoms with Crippen LogP contribution in [0, 0.1) is 24.0 Å². The van der Waals surface area contributed by atoms with Gasteiger partial charge in [-0.1, -0.05) is 23.7 Å². The fourth-order valence-corrected chi connectivity index (χ4v) is 3.08. The quantitative estimate of drug-likeness (QED) is 0.393. The van der Waals surface area contributed by atoms with Crippen molar-refractivity contribution in [3.8, 4) is 5.69 Å². The molecule has 0 aliphatic rings. The highest BCUT2D eigenvalue weighted by Crippen LogP contribution is 2.21. The summed E-state index contributed by atoms with van der Waals surface area (Å²) in [6.45, 7) is 3.90. The number of nitro groups is 1. The molecule has 0 aliphatic heterocycles. The van der Waals surface area contributed by atoms with E-state index in [1.165, 1.54) is 24.4 Å². The minimum Gasteiger partial charge on any atom is -0.318 e. The van der Waals surface area contributed by atoms with Crippen molar-refractivity contribution in [2.45, 2.75) is 13.8 Å². The molecule has 8 heteroatoms. The predicted molar refractivity (Wildman–Crippen MR) is 108 cm³/mol. The van der Waals surface area contributed by atoms with E-state index in [0.717, 1.165) is 22.6 Å². The normalized spacial score (nSPS) is 11.0. The van der Waals surface area contributed by atoms with E-state index >= 15 is 0 Å². The highest BCUT2D eigenvalue weighted by Gasteiger charge is 2.18. The Morgan fingerprint density at radius 2 is 1.86 bits per heavy atom. The number of aromatic nitrogens is 1. The largest absolute Gasteiger partial charge is 0.318 e. The van der Waals surface area contributed by atoms with Crippen LogP contribution in [0.5, 0.6) is 0 Å². The van der Waals surface area contributed by atoms with Crippen molar-refractivity contribution in [2.24, 2.45) is 5.10 Å². The lowest BCUT2D eigenvalue weighted by molar-refractivity contribution is -0.385. The molecule has 0 fully saturated rings. The monoisotopic (exact) mass is 396 g/mol. The first-order valence-corrected chi connectivity index (χ1v) is 8.78. The molecule has 0 atom stereocenters. The Kier molecular flexibility index (Phi) is 5.56. The van der Waals surface area contributed by atoms with Crippen LogP contribution < -0.4 is 5.43 Å². The van der Waals surface area contributed by atoms with Crippen molar-refractivity contribution >= 4 is 29.4 Å². The molecule has 2 aromatic carbocycles. The molecular formula is C20H17ClN4O3. The number of nitro benzene ring substituents is 1. The topological polar surface area (TPSA) is 89.5 Å². The van der Waals surface area contributed by atoms with E-state index in [1.54, 1.807) is 6.07 Å². The predicted octanol–water partition coefficient (Wildman–Crippen LogP) is 4.42. The Morgan fingerprint density at radius 1 is 1.18 bits per heavy atom. The van der Waals surface area contributed by atoms with Crippen LogP contribution in [-0.4, -0.2) is 21.6 Å². The third kappa shape index (κ3) is 3.94. The number of benzene rings is 2. The molecule has 1 amide bonds. The van der Waals surface area contributed by atoms with Gasteiger partial charge < -0.3 is 4.57 Å². The highest BCUT2D eigenvalue weighted by atomic mass is 35.5. The van der Waals surface area contributed by atoms with Crippen LogP contribution in [-0.2, 0) is 0 Å². The molecule has 1 N–H and O–H groups in total. The van der Waals surface area contributed by atoms with Crippen LogP contribution in [0.15, 0.2) is 59.7 Å². The van der Waals surface area contributed by atoms with Gasteiger partial charge in [0.05, 0.1) is 11.1 Å². The first kappa shape index (κ1) is 19.3. The molecular weight excluding hydrogens is 380 g/mol. The molecule has 0 aliphatic carbocycles. The number of rotatable bonds is 5. The SMILES string of the molecule is Cc1cc(/C=N\NC(=O)c2ccccc2[N+](=O)[O-])c(C)n1-c1ccc(Cl)cc1. The standard InChI is InChI=1S/C20H17ClN4O3/c1-13-11-15(14(2)24(13)17-9-7-16(21)8-10-17)12-22-23-20(26)18-5-3-4-6-19(18)25(27)28/h3-12H,1-2H3,(H,23,26)/b22-12-. The molecule has 0 saturated heterocycles. The average molecular weight is 397 g/mol. The van der Waals surface area contributed by atoms with Gasteiger partial charge in [0.15, 0.2) is 0 Å². The molecule has 1 heterocycles. The second-order valence-electron chi connectivity index (χ2n) is 6.11. The lowest BCUT2D eigenvalue weighted by Crippen LogP contribution is -2.19. The summed E-state index contributed by atoms with van der Waals surface area (Å²) >= 11 is 5.95. The third-order valence-corrected chi connectivity index (χ3v) is 4.52. The van der Waals surface area contributed by atoms with Crippen molar-refractivity contribution in [2.75, 3.05) is 0 Å². The lowest BCUT2D eigenvalue weighted by atomic mass is 10.2. The maximum atomic E-state index is 12.2. The van der Waals surface area contributed by atoms with Crippen LogP contribution in [0.1, 0.15) is 27.3 Å². The summed E-state index contributed by atoms with van der Waals surface area (Å²) in [5.74, 6) is -0.643. The van der Waals surface area contributed by atoms with E-state index in [4.69, 9.17) is 11.6 Å². The summed E-state index contributed by atoms with van der Waals surface area (Å²) in [7, 11) is 0. The molecule has 0 saturated carbocycles. The molecule has 142 valence electrons. The van der Waals surface area contributed by atoms with Crippen molar-refractivity contribution in [1.29, 1.82) is 0 Å². The summed E-state index contributed by atoms with van der Waals surface area (Å²) < 4.78 is 2.04. The number of hydrogen-bond acceptors (Lipinski definition) is 4. The molecule has 0 spiro atoms. The van der Waals surface area contributed by atoms with E-state index in [1.807, 2.05) is 48.7 Å². The van der Waals surface area contributed by atoms with Gasteiger partial charge in [-0.05, 0) is 50.2 Å². The second-order valence-corrected chi connectivity index (χ2v) is 6.55. The highest BCUT2D eigenvalue weighted by molar-refractivity contribution is 6.30. The number of aryl methyl sites for hydroxylation is 1. The zero-order valence-electron chi connectivity index (χ0n) is 15.2. The summed E-state index contributed by atoms with van der Waals surface area (Å²) in [4.78, 5) is 22.7. The van der Waals surface area contributed by atoms with Crippen molar-refractivity contribution in [3.05, 3.63) is 92.2 Å². The van der Waals surface area contributed by atoms with E-state index in [9.17, 15) is 14.9 Å². The van der Waals surface area contributed by atoms with Gasteiger partial charge in [0.2, 0.25) is 0 Å². The van der Waals surface area contributed by atoms with Gasteiger partial charge in [0.25, 0.3) is 11.6 Å². The minimum absolute atomic E-state index is 0.0451. The molecule has 7 nitrogen and oxygen atoms in total. The fourth-order valence-electron chi connectivity index (χ4n) is 2.95. The summed E-state index contributed by atoms with van der Waals surface area (Å²) in [6.07, 6.45) is 1.52. The molecule has 3 aromatic rings. The summed E-state index contributed by atoms with van der Waals surface area (Å²) in [6, 6.07) is 15.1. The third-order valence-electron chi connectivity index (χ3n) is 4.27. The summed E-state index contributed by atoms with van der Waals surface area (Å²) in [5.41, 5.74) is 5.73. The number of nitrogens with zero attached hydrogens (tertiary/aromatic N) is 3. The number of hydrazone groups is 1. The molecule has 0 bridgehead atoms. The Balaban J connectivity index is 1.80. The summed E-state index contributed by atoms with van der Waals surface area (Å²) in [5, 5.41) is 15.7. The first-order valence-electron chi connectivity index (χ1n) is 8.40. The molecule has 3 rings (SSSR count). The first-order chi connectivity index (χ1) is 13.4. The second kappa shape index (κ2) is 8.06. The number of halogens is 1. The van der Waals surface area contributed by atoms with Crippen LogP contribution in [0.3, 0.4) is 0 Å². The Hall–Kier alpha value is -3.45. The zero-order valence-corrected chi connectivity index (χ0v) is 16.0. The fraction of sp³-hybridized carbons (Fsp3) is 0.100. The van der Waals surface area contributed by atoms with Gasteiger partial charge in [0, 0.05) is 33.7 Å². The number of nitrogens with one attached hydrogen (secondary N) is 1. The molecule has 0 unspecified atom stereocenters. The van der Waals surface area contributed by atoms with Crippen LogP contribution >= 0.6 is 11.6 Å². The van der Waals surface area contributed by atoms with E-state index in [2.05, 4.69) is 10.5 Å². The van der Waals surface area contributed by atoms with Gasteiger partial charge in [-0.2, -0.15) is 5.10 Å². The van der Waals surface area contributed by atoms with Crippen LogP contribution in [0.4, 0.5) is 5.69 Å². The number of hydrogen-bond donors (Lipinski definition) is 1. The number of para-hydroxylation sites is 1. The van der Waals surface area contributed by atoms with Crippen molar-refractivity contribution in [3.63, 3.8) is 0 Å². The zero-order chi connectivity index (χ0) is 20.3. The Labute approximate surface area is 166 Å². The maximum Gasteiger partial charge on any atom is 0.282 e. The average Bonchev–Trinajstić information content (AvgIpc) is 2.96. The van der Waals surface area contributed by atoms with Crippen molar-refractivity contribution in [1.82, 2.24) is 9.99 Å². The van der Waals surface area contributed by atoms with Crippen molar-refractivity contribution < 1.29 is 9.72 Å². The van der Waals surface area contributed by atoms with Gasteiger partial charge in [0.1, 0.15) is 5.56 Å². The number of carbonyl (C=O) groups excluding carboxylic acids is 1. The van der Waals surface area contributed by atoms with Gasteiger partial charge >= 0.3 is 0 Å². The van der Waals surface area contributed by atoms with Crippen LogP contribution in [0.25, 0.3) is 5.69 Å². The van der Waals surface area contributed by atoms with E-state index < -0.39 is 10.8 Å². The van der Waals surface area contributed by atoms with Gasteiger partial charge in [-0.25, -0.2) is 5.43 Å². The smallest absolute Gasteiger partial charge is 0.282 e. The van der Waals surface area contributed by atoms with Crippen LogP contribution in [0.2, 0.25) is 5.02 Å². The van der Waals surface area contributed by atoms with Gasteiger partial charge in [-0.15, -0.1) is 0 Å². The Bertz CT molecular complexity index is 1070. The van der Waals surface area contributed by atoms with Gasteiger partial charge in [-0.3, -0.25) is 14.9 Å². The Morgan fingerprint density at radius 3 is 2.54 bits per heavy atom. The van der Waals surface area contributed by atoms with E-state index in [-0.39, 0.29) is 11.3 Å². The number of carbonyl (C=O) groups is 1. The number of amides is 1. The molecule has 1 aromatic heterocycles. The lowest BCUT2D eigenvalue weighted by Gasteiger charge is -2.09. The molecule has 0 radical (unpaired) electrons. The van der Waals surface area contributed by atoms with E-state index in [0.29, 0.717) is 5.02 Å².